The fraction of sp³-hybridized carbons (Fsp3) is 0.263. The van der Waals surface area contributed by atoms with Crippen LogP contribution in [0.4, 0.5) is 0 Å². The second-order valence-electron chi connectivity index (χ2n) is 5.72. The fourth-order valence-corrected chi connectivity index (χ4v) is 2.65. The van der Waals surface area contributed by atoms with Gasteiger partial charge in [0.2, 0.25) is 0 Å². The second kappa shape index (κ2) is 8.09. The normalized spacial score (nSPS) is 24.8. The van der Waals surface area contributed by atoms with Crippen molar-refractivity contribution in [2.75, 3.05) is 6.61 Å². The summed E-state index contributed by atoms with van der Waals surface area (Å²) in [6.45, 7) is -0.511. The first kappa shape index (κ1) is 18.1. The summed E-state index contributed by atoms with van der Waals surface area (Å²) in [7, 11) is 0. The minimum absolute atomic E-state index is 0.278. The molecule has 4 atom stereocenters. The molecule has 1 heterocycles. The molecule has 0 unspecified atom stereocenters. The van der Waals surface area contributed by atoms with Gasteiger partial charge in [-0.3, -0.25) is 0 Å². The minimum atomic E-state index is -1.52. The topological polar surface area (TPSA) is 102 Å². The Bertz CT molecular complexity index is 747. The van der Waals surface area contributed by atoms with Crippen molar-refractivity contribution in [2.45, 2.75) is 24.6 Å². The summed E-state index contributed by atoms with van der Waals surface area (Å²) in [5, 5.41) is 19.5. The Labute approximate surface area is 149 Å². The molecule has 0 saturated carbocycles. The van der Waals surface area contributed by atoms with Gasteiger partial charge in [0.15, 0.2) is 18.5 Å². The van der Waals surface area contributed by atoms with E-state index in [1.165, 1.54) is 0 Å². The van der Waals surface area contributed by atoms with Crippen molar-refractivity contribution in [2.24, 2.45) is 0 Å². The van der Waals surface area contributed by atoms with E-state index in [0.29, 0.717) is 5.56 Å². The zero-order valence-corrected chi connectivity index (χ0v) is 13.7. The number of aliphatic hydroxyl groups is 2. The lowest BCUT2D eigenvalue weighted by molar-refractivity contribution is -0.135. The van der Waals surface area contributed by atoms with Gasteiger partial charge in [-0.1, -0.05) is 36.4 Å². The average Bonchev–Trinajstić information content (AvgIpc) is 2.98. The maximum Gasteiger partial charge on any atom is 0.338 e. The van der Waals surface area contributed by atoms with E-state index in [0.717, 1.165) is 0 Å². The number of ether oxygens (including phenoxy) is 3. The Morgan fingerprint density at radius 2 is 1.31 bits per heavy atom. The number of carbonyl (C=O) groups is 2. The van der Waals surface area contributed by atoms with Crippen LogP contribution in [0.15, 0.2) is 60.7 Å². The first-order valence-corrected chi connectivity index (χ1v) is 8.06. The van der Waals surface area contributed by atoms with E-state index in [1.54, 1.807) is 60.7 Å². The molecule has 0 aromatic heterocycles. The summed E-state index contributed by atoms with van der Waals surface area (Å²) < 4.78 is 15.8. The van der Waals surface area contributed by atoms with E-state index in [2.05, 4.69) is 0 Å². The Morgan fingerprint density at radius 1 is 0.846 bits per heavy atom. The lowest BCUT2D eigenvalue weighted by atomic mass is 10.1. The summed E-state index contributed by atoms with van der Waals surface area (Å²) in [5.74, 6) is -1.37. The Kier molecular flexibility index (Phi) is 5.62. The van der Waals surface area contributed by atoms with Crippen molar-refractivity contribution in [1.82, 2.24) is 0 Å². The Hall–Kier alpha value is -2.74. The van der Waals surface area contributed by atoms with Crippen LogP contribution in [0.1, 0.15) is 20.7 Å². The summed E-state index contributed by atoms with van der Waals surface area (Å²) in [4.78, 5) is 24.5. The molecule has 1 aliphatic heterocycles. The minimum Gasteiger partial charge on any atom is -0.452 e. The van der Waals surface area contributed by atoms with E-state index in [1.807, 2.05) is 0 Å². The molecule has 0 aliphatic carbocycles. The van der Waals surface area contributed by atoms with Crippen LogP contribution in [0.3, 0.4) is 0 Å². The monoisotopic (exact) mass is 358 g/mol. The molecule has 0 radical (unpaired) electrons. The van der Waals surface area contributed by atoms with Gasteiger partial charge in [0.05, 0.1) is 17.7 Å². The molecule has 7 heteroatoms. The van der Waals surface area contributed by atoms with Crippen LogP contribution in [0.2, 0.25) is 0 Å². The van der Waals surface area contributed by atoms with Gasteiger partial charge in [-0.25, -0.2) is 9.59 Å². The smallest absolute Gasteiger partial charge is 0.338 e. The highest BCUT2D eigenvalue weighted by atomic mass is 16.7. The second-order valence-corrected chi connectivity index (χ2v) is 5.72. The van der Waals surface area contributed by atoms with Crippen LogP contribution >= 0.6 is 0 Å². The van der Waals surface area contributed by atoms with Crippen molar-refractivity contribution < 1.29 is 34.0 Å². The summed E-state index contributed by atoms with van der Waals surface area (Å²) >= 11 is 0. The highest BCUT2D eigenvalue weighted by Gasteiger charge is 2.49. The molecule has 2 aromatic rings. The zero-order chi connectivity index (χ0) is 18.5. The average molecular weight is 358 g/mol. The SMILES string of the molecule is O=C(O[C@@H]1[C@H](OC(=O)c2ccccc2)[C@@H](O)O[C@H]1CO)c1ccccc1. The molecule has 136 valence electrons. The van der Waals surface area contributed by atoms with E-state index in [4.69, 9.17) is 14.2 Å². The van der Waals surface area contributed by atoms with Gasteiger partial charge in [-0.05, 0) is 24.3 Å². The standard InChI is InChI=1S/C19H18O7/c20-11-14-15(25-17(21)12-7-3-1-4-8-12)16(19(23)24-14)26-18(22)13-9-5-2-6-10-13/h1-10,14-16,19-20,23H,11H2/t14-,15-,16-,19-/m0/s1. The molecule has 1 fully saturated rings. The first-order chi connectivity index (χ1) is 12.6. The van der Waals surface area contributed by atoms with Gasteiger partial charge in [0.1, 0.15) is 6.10 Å². The molecule has 0 bridgehead atoms. The molecular weight excluding hydrogens is 340 g/mol. The van der Waals surface area contributed by atoms with Crippen molar-refractivity contribution in [3.05, 3.63) is 71.8 Å². The predicted molar refractivity (Wildman–Crippen MR) is 89.3 cm³/mol. The van der Waals surface area contributed by atoms with Crippen LogP contribution in [-0.4, -0.2) is 53.4 Å². The first-order valence-electron chi connectivity index (χ1n) is 8.06. The molecule has 0 amide bonds. The van der Waals surface area contributed by atoms with Gasteiger partial charge in [0.25, 0.3) is 0 Å². The molecule has 1 saturated heterocycles. The molecule has 1 aliphatic rings. The molecule has 2 N–H and O–H groups in total. The number of hydrogen-bond donors (Lipinski definition) is 2. The van der Waals surface area contributed by atoms with Crippen molar-refractivity contribution in [3.63, 3.8) is 0 Å². The molecular formula is C19H18O7. The lowest BCUT2D eigenvalue weighted by Crippen LogP contribution is -2.41. The number of rotatable bonds is 5. The van der Waals surface area contributed by atoms with E-state index >= 15 is 0 Å². The van der Waals surface area contributed by atoms with Gasteiger partial charge < -0.3 is 24.4 Å². The third-order valence-electron chi connectivity index (χ3n) is 3.97. The quantitative estimate of drug-likeness (QED) is 0.773. The van der Waals surface area contributed by atoms with Crippen molar-refractivity contribution in [3.8, 4) is 0 Å². The molecule has 26 heavy (non-hydrogen) atoms. The lowest BCUT2D eigenvalue weighted by Gasteiger charge is -2.22. The molecule has 3 rings (SSSR count). The fourth-order valence-electron chi connectivity index (χ4n) is 2.65. The van der Waals surface area contributed by atoms with Crippen molar-refractivity contribution >= 4 is 11.9 Å². The van der Waals surface area contributed by atoms with Gasteiger partial charge in [-0.15, -0.1) is 0 Å². The summed E-state index contributed by atoms with van der Waals surface area (Å²) in [6.07, 6.45) is -4.93. The van der Waals surface area contributed by atoms with Crippen LogP contribution in [0.25, 0.3) is 0 Å². The molecule has 0 spiro atoms. The zero-order valence-electron chi connectivity index (χ0n) is 13.7. The van der Waals surface area contributed by atoms with Gasteiger partial charge >= 0.3 is 11.9 Å². The maximum absolute atomic E-state index is 12.3. The number of esters is 2. The van der Waals surface area contributed by atoms with E-state index in [-0.39, 0.29) is 5.56 Å². The highest BCUT2D eigenvalue weighted by molar-refractivity contribution is 5.90. The summed E-state index contributed by atoms with van der Waals surface area (Å²) in [5.41, 5.74) is 0.569. The maximum atomic E-state index is 12.3. The Balaban J connectivity index is 1.76. The van der Waals surface area contributed by atoms with E-state index < -0.39 is 43.1 Å². The van der Waals surface area contributed by atoms with Crippen LogP contribution in [-0.2, 0) is 14.2 Å². The van der Waals surface area contributed by atoms with Crippen LogP contribution in [0.5, 0.6) is 0 Å². The molecule has 2 aromatic carbocycles. The van der Waals surface area contributed by atoms with Gasteiger partial charge in [0, 0.05) is 0 Å². The largest absolute Gasteiger partial charge is 0.452 e. The Morgan fingerprint density at radius 3 is 1.77 bits per heavy atom. The third-order valence-corrected chi connectivity index (χ3v) is 3.97. The third kappa shape index (κ3) is 3.91. The number of aliphatic hydroxyl groups excluding tert-OH is 2. The number of hydrogen-bond acceptors (Lipinski definition) is 7. The number of carbonyl (C=O) groups excluding carboxylic acids is 2. The number of benzene rings is 2. The predicted octanol–water partition coefficient (Wildman–Crippen LogP) is 1.15. The van der Waals surface area contributed by atoms with E-state index in [9.17, 15) is 19.8 Å². The van der Waals surface area contributed by atoms with Crippen LogP contribution < -0.4 is 0 Å². The van der Waals surface area contributed by atoms with Crippen molar-refractivity contribution in [1.29, 1.82) is 0 Å². The van der Waals surface area contributed by atoms with Crippen LogP contribution in [0, 0.1) is 0 Å². The summed E-state index contributed by atoms with van der Waals surface area (Å²) in [6, 6.07) is 16.4. The highest BCUT2D eigenvalue weighted by Crippen LogP contribution is 2.27. The van der Waals surface area contributed by atoms with Gasteiger partial charge in [-0.2, -0.15) is 0 Å². The molecule has 7 nitrogen and oxygen atoms in total.